The summed E-state index contributed by atoms with van der Waals surface area (Å²) in [6.07, 6.45) is 0. The zero-order valence-corrected chi connectivity index (χ0v) is 14.1. The van der Waals surface area contributed by atoms with Crippen LogP contribution >= 0.6 is 15.9 Å². The fourth-order valence-corrected chi connectivity index (χ4v) is 2.01. The van der Waals surface area contributed by atoms with Gasteiger partial charge in [-0.3, -0.25) is 4.79 Å². The van der Waals surface area contributed by atoms with Crippen LogP contribution < -0.4 is 10.1 Å². The Morgan fingerprint density at radius 3 is 2.68 bits per heavy atom. The van der Waals surface area contributed by atoms with E-state index in [1.807, 2.05) is 0 Å². The van der Waals surface area contributed by atoms with Gasteiger partial charge in [0.15, 0.2) is 0 Å². The number of urea groups is 1. The second-order valence-electron chi connectivity index (χ2n) is 4.75. The number of rotatable bonds is 6. The van der Waals surface area contributed by atoms with Crippen molar-refractivity contribution in [2.24, 2.45) is 5.92 Å². The topological polar surface area (TPSA) is 78.9 Å². The number of hydrogen-bond donors (Lipinski definition) is 2. The number of nitrogens with one attached hydrogen (secondary N) is 1. The average Bonchev–Trinajstić information content (AvgIpc) is 2.44. The fourth-order valence-electron chi connectivity index (χ4n) is 1.68. The third-order valence-corrected chi connectivity index (χ3v) is 3.49. The van der Waals surface area contributed by atoms with E-state index in [1.165, 1.54) is 24.9 Å². The minimum absolute atomic E-state index is 0.0319. The summed E-state index contributed by atoms with van der Waals surface area (Å²) < 4.78 is 19.2. The molecule has 0 aromatic heterocycles. The second-order valence-corrected chi connectivity index (χ2v) is 5.60. The Bertz CT molecular complexity index is 568. The Labute approximate surface area is 136 Å². The van der Waals surface area contributed by atoms with Crippen molar-refractivity contribution >= 4 is 33.6 Å². The Morgan fingerprint density at radius 1 is 1.50 bits per heavy atom. The van der Waals surface area contributed by atoms with E-state index < -0.39 is 23.7 Å². The first-order chi connectivity index (χ1) is 10.3. The lowest BCUT2D eigenvalue weighted by atomic mass is 10.2. The Kier molecular flexibility index (Phi) is 6.61. The number of amides is 2. The maximum absolute atomic E-state index is 13.6. The molecule has 2 amide bonds. The summed E-state index contributed by atoms with van der Waals surface area (Å²) in [7, 11) is 1.46. The summed E-state index contributed by atoms with van der Waals surface area (Å²) >= 11 is 3.05. The molecular weight excluding hydrogens is 359 g/mol. The Hall–Kier alpha value is -1.83. The molecule has 0 aliphatic heterocycles. The standard InChI is InChI=1S/C14H18BrFN2O4/c1-4-22-12-5-9(15)10(16)6-11(12)17-14(21)18(3)7-8(2)13(19)20/h5-6,8H,4,7H2,1-3H3,(H,17,21)(H,19,20). The van der Waals surface area contributed by atoms with E-state index >= 15 is 0 Å². The van der Waals surface area contributed by atoms with Gasteiger partial charge < -0.3 is 20.1 Å². The van der Waals surface area contributed by atoms with Gasteiger partial charge in [0.2, 0.25) is 0 Å². The first-order valence-electron chi connectivity index (χ1n) is 6.63. The lowest BCUT2D eigenvalue weighted by molar-refractivity contribution is -0.141. The molecule has 1 aromatic rings. The van der Waals surface area contributed by atoms with Gasteiger partial charge in [-0.05, 0) is 28.9 Å². The SMILES string of the molecule is CCOc1cc(Br)c(F)cc1NC(=O)N(C)CC(C)C(=O)O. The van der Waals surface area contributed by atoms with Crippen molar-refractivity contribution in [2.75, 3.05) is 25.5 Å². The molecule has 1 unspecified atom stereocenters. The van der Waals surface area contributed by atoms with Crippen molar-refractivity contribution in [1.29, 1.82) is 0 Å². The van der Waals surface area contributed by atoms with Crippen LogP contribution in [0.15, 0.2) is 16.6 Å². The normalized spacial score (nSPS) is 11.7. The summed E-state index contributed by atoms with van der Waals surface area (Å²) in [4.78, 5) is 24.1. The molecule has 0 fully saturated rings. The number of carboxylic acid groups (broad SMARTS) is 1. The highest BCUT2D eigenvalue weighted by atomic mass is 79.9. The molecule has 8 heteroatoms. The molecule has 1 rings (SSSR count). The van der Waals surface area contributed by atoms with Gasteiger partial charge in [-0.1, -0.05) is 6.92 Å². The molecule has 0 saturated carbocycles. The second kappa shape index (κ2) is 7.98. The number of nitrogens with zero attached hydrogens (tertiary/aromatic N) is 1. The number of carboxylic acids is 1. The van der Waals surface area contributed by atoms with Crippen LogP contribution in [0.1, 0.15) is 13.8 Å². The van der Waals surface area contributed by atoms with Crippen molar-refractivity contribution in [3.05, 3.63) is 22.4 Å². The van der Waals surface area contributed by atoms with Gasteiger partial charge in [0.25, 0.3) is 0 Å². The maximum atomic E-state index is 13.6. The van der Waals surface area contributed by atoms with Gasteiger partial charge in [-0.25, -0.2) is 9.18 Å². The molecule has 2 N–H and O–H groups in total. The maximum Gasteiger partial charge on any atom is 0.321 e. The largest absolute Gasteiger partial charge is 0.492 e. The first kappa shape index (κ1) is 18.2. The summed E-state index contributed by atoms with van der Waals surface area (Å²) in [5.41, 5.74) is 0.183. The van der Waals surface area contributed by atoms with Crippen LogP contribution in [-0.4, -0.2) is 42.2 Å². The predicted molar refractivity (Wildman–Crippen MR) is 83.7 cm³/mol. The van der Waals surface area contributed by atoms with Crippen molar-refractivity contribution in [3.63, 3.8) is 0 Å². The number of ether oxygens (including phenoxy) is 1. The van der Waals surface area contributed by atoms with Gasteiger partial charge in [0.1, 0.15) is 11.6 Å². The van der Waals surface area contributed by atoms with Crippen molar-refractivity contribution < 1.29 is 23.8 Å². The third-order valence-electron chi connectivity index (χ3n) is 2.88. The van der Waals surface area contributed by atoms with E-state index in [1.54, 1.807) is 6.92 Å². The molecule has 0 aliphatic carbocycles. The number of halogens is 2. The summed E-state index contributed by atoms with van der Waals surface area (Å²) in [6.45, 7) is 3.65. The summed E-state index contributed by atoms with van der Waals surface area (Å²) in [6, 6.07) is 2.02. The highest BCUT2D eigenvalue weighted by Crippen LogP contribution is 2.31. The van der Waals surface area contributed by atoms with E-state index in [0.29, 0.717) is 12.4 Å². The lowest BCUT2D eigenvalue weighted by Gasteiger charge is -2.21. The number of carbonyl (C=O) groups is 2. The molecule has 22 heavy (non-hydrogen) atoms. The van der Waals surface area contributed by atoms with Gasteiger partial charge in [0.05, 0.1) is 22.7 Å². The average molecular weight is 377 g/mol. The van der Waals surface area contributed by atoms with Gasteiger partial charge in [-0.2, -0.15) is 0 Å². The van der Waals surface area contributed by atoms with Crippen molar-refractivity contribution in [1.82, 2.24) is 4.90 Å². The van der Waals surface area contributed by atoms with Crippen LogP contribution in [0.4, 0.5) is 14.9 Å². The smallest absolute Gasteiger partial charge is 0.321 e. The van der Waals surface area contributed by atoms with Crippen LogP contribution in [0, 0.1) is 11.7 Å². The highest BCUT2D eigenvalue weighted by Gasteiger charge is 2.19. The third kappa shape index (κ3) is 4.87. The Morgan fingerprint density at radius 2 is 2.14 bits per heavy atom. The van der Waals surface area contributed by atoms with Crippen LogP contribution in [0.5, 0.6) is 5.75 Å². The number of anilines is 1. The molecule has 1 atom stereocenters. The van der Waals surface area contributed by atoms with E-state index in [4.69, 9.17) is 9.84 Å². The molecule has 0 heterocycles. The van der Waals surface area contributed by atoms with Crippen LogP contribution in [0.3, 0.4) is 0 Å². The molecule has 122 valence electrons. The van der Waals surface area contributed by atoms with E-state index in [2.05, 4.69) is 21.2 Å². The first-order valence-corrected chi connectivity index (χ1v) is 7.42. The van der Waals surface area contributed by atoms with Crippen LogP contribution in [0.25, 0.3) is 0 Å². The molecule has 1 aromatic carbocycles. The van der Waals surface area contributed by atoms with E-state index in [-0.39, 0.29) is 16.7 Å². The van der Waals surface area contributed by atoms with Crippen molar-refractivity contribution in [3.8, 4) is 5.75 Å². The molecule has 0 saturated heterocycles. The van der Waals surface area contributed by atoms with Gasteiger partial charge in [0, 0.05) is 19.7 Å². The summed E-state index contributed by atoms with van der Waals surface area (Å²) in [5.74, 6) is -1.92. The Balaban J connectivity index is 2.87. The number of benzene rings is 1. The minimum Gasteiger partial charge on any atom is -0.492 e. The minimum atomic E-state index is -0.996. The van der Waals surface area contributed by atoms with Gasteiger partial charge in [-0.15, -0.1) is 0 Å². The zero-order chi connectivity index (χ0) is 16.9. The molecule has 0 aliphatic rings. The molecule has 0 spiro atoms. The lowest BCUT2D eigenvalue weighted by Crippen LogP contribution is -2.36. The van der Waals surface area contributed by atoms with Gasteiger partial charge >= 0.3 is 12.0 Å². The number of hydrogen-bond acceptors (Lipinski definition) is 3. The number of aliphatic carboxylic acids is 1. The molecule has 6 nitrogen and oxygen atoms in total. The van der Waals surface area contributed by atoms with E-state index in [9.17, 15) is 14.0 Å². The highest BCUT2D eigenvalue weighted by molar-refractivity contribution is 9.10. The quantitative estimate of drug-likeness (QED) is 0.798. The predicted octanol–water partition coefficient (Wildman–Crippen LogP) is 3.17. The monoisotopic (exact) mass is 376 g/mol. The zero-order valence-electron chi connectivity index (χ0n) is 12.5. The molecular formula is C14H18BrFN2O4. The molecule has 0 bridgehead atoms. The van der Waals surface area contributed by atoms with Crippen LogP contribution in [-0.2, 0) is 4.79 Å². The molecule has 0 radical (unpaired) electrons. The van der Waals surface area contributed by atoms with Crippen molar-refractivity contribution in [2.45, 2.75) is 13.8 Å². The fraction of sp³-hybridized carbons (Fsp3) is 0.429. The van der Waals surface area contributed by atoms with Crippen LogP contribution in [0.2, 0.25) is 0 Å². The van der Waals surface area contributed by atoms with E-state index in [0.717, 1.165) is 6.07 Å². The number of carbonyl (C=O) groups excluding carboxylic acids is 1. The summed E-state index contributed by atoms with van der Waals surface area (Å²) in [5, 5.41) is 11.4.